The molecule has 0 fully saturated rings. The SMILES string of the molecule is C=C(C)/C(C(=C)NC)=C(\C#N)C(C)C(C)(C)C. The van der Waals surface area contributed by atoms with E-state index in [1.165, 1.54) is 0 Å². The molecule has 0 saturated heterocycles. The first-order chi connectivity index (χ1) is 7.66. The summed E-state index contributed by atoms with van der Waals surface area (Å²) in [6.45, 7) is 18.3. The second kappa shape index (κ2) is 5.72. The summed E-state index contributed by atoms with van der Waals surface area (Å²) in [4.78, 5) is 0. The molecule has 0 aliphatic carbocycles. The van der Waals surface area contributed by atoms with Crippen LogP contribution in [0.3, 0.4) is 0 Å². The third-order valence-electron chi connectivity index (χ3n) is 3.15. The Morgan fingerprint density at radius 3 is 2.00 bits per heavy atom. The minimum absolute atomic E-state index is 0.0415. The number of nitrogens with one attached hydrogen (secondary N) is 1. The van der Waals surface area contributed by atoms with Crippen molar-refractivity contribution in [3.8, 4) is 6.07 Å². The molecule has 0 aromatic carbocycles. The summed E-state index contributed by atoms with van der Waals surface area (Å²) >= 11 is 0. The van der Waals surface area contributed by atoms with Crippen LogP contribution in [0, 0.1) is 22.7 Å². The molecule has 0 aliphatic heterocycles. The van der Waals surface area contributed by atoms with E-state index in [1.54, 1.807) is 0 Å². The van der Waals surface area contributed by atoms with Gasteiger partial charge < -0.3 is 5.32 Å². The Balaban J connectivity index is 5.80. The van der Waals surface area contributed by atoms with Crippen LogP contribution >= 0.6 is 0 Å². The maximum absolute atomic E-state index is 9.41. The smallest absolute Gasteiger partial charge is 0.0957 e. The van der Waals surface area contributed by atoms with Crippen molar-refractivity contribution >= 4 is 0 Å². The Morgan fingerprint density at radius 2 is 1.76 bits per heavy atom. The summed E-state index contributed by atoms with van der Waals surface area (Å²) < 4.78 is 0. The fourth-order valence-electron chi connectivity index (χ4n) is 1.58. The first-order valence-corrected chi connectivity index (χ1v) is 5.84. The monoisotopic (exact) mass is 232 g/mol. The van der Waals surface area contributed by atoms with Gasteiger partial charge in [-0.3, -0.25) is 0 Å². The molecule has 0 aromatic heterocycles. The van der Waals surface area contributed by atoms with Crippen LogP contribution in [-0.2, 0) is 0 Å². The van der Waals surface area contributed by atoms with E-state index in [0.717, 1.165) is 22.4 Å². The molecule has 0 spiro atoms. The highest BCUT2D eigenvalue weighted by molar-refractivity contribution is 5.51. The van der Waals surface area contributed by atoms with Crippen molar-refractivity contribution in [2.45, 2.75) is 34.6 Å². The highest BCUT2D eigenvalue weighted by atomic mass is 14.8. The van der Waals surface area contributed by atoms with Gasteiger partial charge >= 0.3 is 0 Å². The first-order valence-electron chi connectivity index (χ1n) is 5.84. The van der Waals surface area contributed by atoms with Crippen molar-refractivity contribution in [2.75, 3.05) is 7.05 Å². The van der Waals surface area contributed by atoms with E-state index in [4.69, 9.17) is 0 Å². The van der Waals surface area contributed by atoms with Crippen LogP contribution in [-0.4, -0.2) is 7.05 Å². The molecular formula is C15H24N2. The van der Waals surface area contributed by atoms with Crippen LogP contribution in [0.2, 0.25) is 0 Å². The zero-order chi connectivity index (χ0) is 13.8. The number of allylic oxidation sites excluding steroid dienone is 2. The van der Waals surface area contributed by atoms with Gasteiger partial charge in [0.15, 0.2) is 0 Å². The number of nitriles is 1. The summed E-state index contributed by atoms with van der Waals surface area (Å²) in [5.41, 5.74) is 3.28. The van der Waals surface area contributed by atoms with Gasteiger partial charge in [0.2, 0.25) is 0 Å². The Labute approximate surface area is 106 Å². The third kappa shape index (κ3) is 3.78. The highest BCUT2D eigenvalue weighted by Crippen LogP contribution is 2.35. The molecular weight excluding hydrogens is 208 g/mol. The van der Waals surface area contributed by atoms with Crippen molar-refractivity contribution < 1.29 is 0 Å². The van der Waals surface area contributed by atoms with E-state index in [1.807, 2.05) is 14.0 Å². The minimum atomic E-state index is 0.0415. The van der Waals surface area contributed by atoms with E-state index in [-0.39, 0.29) is 11.3 Å². The van der Waals surface area contributed by atoms with E-state index in [2.05, 4.69) is 52.2 Å². The van der Waals surface area contributed by atoms with Gasteiger partial charge in [-0.05, 0) is 23.8 Å². The highest BCUT2D eigenvalue weighted by Gasteiger charge is 2.26. The Kier molecular flexibility index (Phi) is 5.22. The summed E-state index contributed by atoms with van der Waals surface area (Å²) in [7, 11) is 1.81. The Bertz CT molecular complexity index is 386. The second-order valence-corrected chi connectivity index (χ2v) is 5.50. The minimum Gasteiger partial charge on any atom is -0.388 e. The number of rotatable bonds is 4. The topological polar surface area (TPSA) is 35.8 Å². The molecule has 94 valence electrons. The summed E-state index contributed by atoms with van der Waals surface area (Å²) in [6.07, 6.45) is 0. The maximum Gasteiger partial charge on any atom is 0.0957 e. The van der Waals surface area contributed by atoms with Gasteiger partial charge in [0, 0.05) is 23.9 Å². The van der Waals surface area contributed by atoms with Crippen LogP contribution in [0.5, 0.6) is 0 Å². The molecule has 1 atom stereocenters. The average molecular weight is 232 g/mol. The molecule has 0 aromatic rings. The molecule has 0 saturated carbocycles. The zero-order valence-corrected chi connectivity index (χ0v) is 11.9. The van der Waals surface area contributed by atoms with E-state index in [9.17, 15) is 5.26 Å². The van der Waals surface area contributed by atoms with Gasteiger partial charge in [-0.25, -0.2) is 0 Å². The fraction of sp³-hybridized carbons (Fsp3) is 0.533. The second-order valence-electron chi connectivity index (χ2n) is 5.50. The molecule has 2 nitrogen and oxygen atoms in total. The molecule has 0 heterocycles. The largest absolute Gasteiger partial charge is 0.388 e. The van der Waals surface area contributed by atoms with Gasteiger partial charge in [-0.2, -0.15) is 5.26 Å². The lowest BCUT2D eigenvalue weighted by Crippen LogP contribution is -2.22. The molecule has 1 N–H and O–H groups in total. The first kappa shape index (κ1) is 15.5. The van der Waals surface area contributed by atoms with Gasteiger partial charge in [0.25, 0.3) is 0 Å². The van der Waals surface area contributed by atoms with Crippen LogP contribution in [0.15, 0.2) is 35.6 Å². The molecule has 0 rings (SSSR count). The van der Waals surface area contributed by atoms with Crippen LogP contribution in [0.25, 0.3) is 0 Å². The van der Waals surface area contributed by atoms with Gasteiger partial charge in [-0.1, -0.05) is 40.9 Å². The third-order valence-corrected chi connectivity index (χ3v) is 3.15. The average Bonchev–Trinajstić information content (AvgIpc) is 2.21. The summed E-state index contributed by atoms with van der Waals surface area (Å²) in [5.74, 6) is 0.157. The maximum atomic E-state index is 9.41. The quantitative estimate of drug-likeness (QED) is 0.591. The molecule has 17 heavy (non-hydrogen) atoms. The van der Waals surface area contributed by atoms with Gasteiger partial charge in [0.1, 0.15) is 0 Å². The van der Waals surface area contributed by atoms with Gasteiger partial charge in [0.05, 0.1) is 6.07 Å². The summed E-state index contributed by atoms with van der Waals surface area (Å²) in [6, 6.07) is 2.32. The van der Waals surface area contributed by atoms with Crippen LogP contribution in [0.4, 0.5) is 0 Å². The molecule has 1 unspecified atom stereocenters. The zero-order valence-electron chi connectivity index (χ0n) is 11.9. The normalized spacial score (nSPS) is 14.4. The lowest BCUT2D eigenvalue weighted by atomic mass is 9.75. The Hall–Kier alpha value is -1.49. The van der Waals surface area contributed by atoms with Crippen LogP contribution in [0.1, 0.15) is 34.6 Å². The fourth-order valence-corrected chi connectivity index (χ4v) is 1.58. The van der Waals surface area contributed by atoms with Crippen molar-refractivity contribution in [2.24, 2.45) is 11.3 Å². The molecule has 2 heteroatoms. The molecule has 0 bridgehead atoms. The van der Waals surface area contributed by atoms with Crippen molar-refractivity contribution in [3.63, 3.8) is 0 Å². The van der Waals surface area contributed by atoms with Crippen molar-refractivity contribution in [1.82, 2.24) is 5.32 Å². The molecule has 0 radical (unpaired) electrons. The van der Waals surface area contributed by atoms with E-state index in [0.29, 0.717) is 0 Å². The summed E-state index contributed by atoms with van der Waals surface area (Å²) in [5, 5.41) is 12.4. The predicted octanol–water partition coefficient (Wildman–Crippen LogP) is 3.80. The Morgan fingerprint density at radius 1 is 1.29 bits per heavy atom. The molecule has 0 aliphatic rings. The number of hydrogen-bond acceptors (Lipinski definition) is 2. The standard InChI is InChI=1S/C15H24N2/c1-10(2)14(12(4)17-8)13(9-16)11(3)15(5,6)7/h11,17H,1,4H2,2-3,5-8H3/b14-13-. The molecule has 0 amide bonds. The van der Waals surface area contributed by atoms with E-state index < -0.39 is 0 Å². The van der Waals surface area contributed by atoms with Crippen molar-refractivity contribution in [1.29, 1.82) is 5.26 Å². The van der Waals surface area contributed by atoms with Crippen LogP contribution < -0.4 is 5.32 Å². The van der Waals surface area contributed by atoms with Gasteiger partial charge in [-0.15, -0.1) is 0 Å². The van der Waals surface area contributed by atoms with E-state index >= 15 is 0 Å². The van der Waals surface area contributed by atoms with Crippen molar-refractivity contribution in [3.05, 3.63) is 35.6 Å². The number of nitrogens with zero attached hydrogens (tertiary/aromatic N) is 1. The number of hydrogen-bond donors (Lipinski definition) is 1. The lowest BCUT2D eigenvalue weighted by Gasteiger charge is -2.29. The number of likely N-dealkylation sites (N-methyl/N-ethyl adjacent to an activating group) is 1. The predicted molar refractivity (Wildman–Crippen MR) is 74.3 cm³/mol. The lowest BCUT2D eigenvalue weighted by molar-refractivity contribution is 0.305.